The van der Waals surface area contributed by atoms with E-state index < -0.39 is 0 Å². The first-order valence-corrected chi connectivity index (χ1v) is 24.1. The SMILES string of the molecule is CCC(C)[C@@H](NC)C(=O)NC(C)C.CCCNC(=O)[C@@H](NC)C(C)(C)C.CN[C@@H](C(=O)NC(C)C)C(C)(C)C.CN[C@@H](C(=O)NC(C)C)C(C)C.CN[C@H](CC(C)C)C(=O)NC(C)C. The number of likely N-dealkylation sites (N-methyl/N-ethyl adjacent to an activating group) is 5. The van der Waals surface area contributed by atoms with E-state index in [-0.39, 0.29) is 94.7 Å². The van der Waals surface area contributed by atoms with Crippen LogP contribution >= 0.6 is 0 Å². The summed E-state index contributed by atoms with van der Waals surface area (Å²) in [7, 11) is 9.10. The lowest BCUT2D eigenvalue weighted by Gasteiger charge is -2.29. The average molecular weight is 917 g/mol. The molecule has 0 aromatic carbocycles. The first-order valence-electron chi connectivity index (χ1n) is 24.1. The molecule has 0 aliphatic heterocycles. The molecule has 15 heteroatoms. The Morgan fingerprint density at radius 3 is 1.05 bits per heavy atom. The van der Waals surface area contributed by atoms with Crippen molar-refractivity contribution in [3.8, 4) is 0 Å². The van der Waals surface area contributed by atoms with Gasteiger partial charge in [-0.05, 0) is 132 Å². The first-order chi connectivity index (χ1) is 29.2. The quantitative estimate of drug-likeness (QED) is 0.0716. The molecule has 0 saturated carbocycles. The Balaban J connectivity index is -0.000000227. The highest BCUT2D eigenvalue weighted by molar-refractivity contribution is 5.84. The van der Waals surface area contributed by atoms with Gasteiger partial charge in [-0.1, -0.05) is 96.4 Å². The standard InChI is InChI=1S/4C10H22N2O.C9H20N2O/c1-7(2)12-9(13)8(11-6)10(3,4)5;1-7(2)6-9(11-5)10(13)12-8(3)4;1-6-7-12-9(13)8(11-5)10(2,3)4;1-6-8(4)9(11-5)10(13)12-7(2)3;1-6(2)8(10-5)9(12)11-7(3)4/h7-8,11H,1-6H3,(H,12,13);7-9,11H,6H2,1-5H3,(H,12,13);8,11H,6-7H2,1-5H3,(H,12,13);7-9,11H,6H2,1-5H3,(H,12,13);6-8,10H,1-5H3,(H,11,12)/t8-;9-;8-;8?,9-;8-/m01111/s1. The molecule has 0 bridgehead atoms. The number of hydrogen-bond donors (Lipinski definition) is 10. The molecule has 0 aromatic heterocycles. The van der Waals surface area contributed by atoms with Crippen LogP contribution < -0.4 is 53.2 Å². The molecule has 1 unspecified atom stereocenters. The lowest BCUT2D eigenvalue weighted by Crippen LogP contribution is -2.51. The number of carbonyl (C=O) groups excluding carboxylic acids is 5. The van der Waals surface area contributed by atoms with E-state index in [9.17, 15) is 24.0 Å². The minimum atomic E-state index is -0.130. The van der Waals surface area contributed by atoms with Crippen molar-refractivity contribution in [1.82, 2.24) is 53.2 Å². The van der Waals surface area contributed by atoms with E-state index in [2.05, 4.69) is 102 Å². The highest BCUT2D eigenvalue weighted by Crippen LogP contribution is 2.19. The van der Waals surface area contributed by atoms with Crippen LogP contribution in [0.3, 0.4) is 0 Å². The maximum atomic E-state index is 11.7. The van der Waals surface area contributed by atoms with Crippen LogP contribution in [0.2, 0.25) is 0 Å². The van der Waals surface area contributed by atoms with E-state index in [0.717, 1.165) is 25.8 Å². The number of nitrogens with one attached hydrogen (secondary N) is 10. The van der Waals surface area contributed by atoms with Gasteiger partial charge in [0.15, 0.2) is 0 Å². The van der Waals surface area contributed by atoms with Gasteiger partial charge in [0.05, 0.1) is 30.2 Å². The van der Waals surface area contributed by atoms with Crippen LogP contribution in [-0.2, 0) is 24.0 Å². The van der Waals surface area contributed by atoms with Crippen molar-refractivity contribution in [2.45, 2.75) is 219 Å². The van der Waals surface area contributed by atoms with Gasteiger partial charge >= 0.3 is 0 Å². The van der Waals surface area contributed by atoms with Crippen molar-refractivity contribution in [2.75, 3.05) is 41.8 Å². The van der Waals surface area contributed by atoms with Gasteiger partial charge < -0.3 is 53.2 Å². The van der Waals surface area contributed by atoms with Crippen LogP contribution in [0, 0.1) is 28.6 Å². The molecule has 10 N–H and O–H groups in total. The molecule has 15 nitrogen and oxygen atoms in total. The number of rotatable bonds is 21. The van der Waals surface area contributed by atoms with Crippen LogP contribution in [0.1, 0.15) is 165 Å². The van der Waals surface area contributed by atoms with Gasteiger partial charge in [-0.25, -0.2) is 0 Å². The minimum absolute atomic E-state index is 0.0351. The Hall–Kier alpha value is -2.85. The third-order valence-electron chi connectivity index (χ3n) is 9.55. The van der Waals surface area contributed by atoms with E-state index in [1.807, 2.05) is 132 Å². The molecule has 6 atom stereocenters. The van der Waals surface area contributed by atoms with Crippen molar-refractivity contribution in [2.24, 2.45) is 28.6 Å². The zero-order valence-electron chi connectivity index (χ0n) is 46.3. The van der Waals surface area contributed by atoms with Crippen LogP contribution in [0.25, 0.3) is 0 Å². The lowest BCUT2D eigenvalue weighted by atomic mass is 9.86. The molecule has 5 amide bonds. The molecule has 0 heterocycles. The summed E-state index contributed by atoms with van der Waals surface area (Å²) < 4.78 is 0. The highest BCUT2D eigenvalue weighted by atomic mass is 16.2. The normalized spacial score (nSPS) is 14.2. The molecule has 0 spiro atoms. The van der Waals surface area contributed by atoms with Crippen molar-refractivity contribution in [3.05, 3.63) is 0 Å². The van der Waals surface area contributed by atoms with Crippen LogP contribution in [0.5, 0.6) is 0 Å². The fraction of sp³-hybridized carbons (Fsp3) is 0.898. The maximum absolute atomic E-state index is 11.7. The summed E-state index contributed by atoms with van der Waals surface area (Å²) in [6.45, 7) is 43.3. The van der Waals surface area contributed by atoms with E-state index in [4.69, 9.17) is 0 Å². The molecule has 0 saturated heterocycles. The van der Waals surface area contributed by atoms with E-state index >= 15 is 0 Å². The molecule has 0 aliphatic rings. The van der Waals surface area contributed by atoms with E-state index in [1.165, 1.54) is 0 Å². The van der Waals surface area contributed by atoms with Gasteiger partial charge in [0, 0.05) is 30.7 Å². The Labute approximate surface area is 395 Å². The minimum Gasteiger partial charge on any atom is -0.355 e. The Morgan fingerprint density at radius 1 is 0.438 bits per heavy atom. The third kappa shape index (κ3) is 37.4. The summed E-state index contributed by atoms with van der Waals surface area (Å²) in [4.78, 5) is 57.9. The van der Waals surface area contributed by atoms with Gasteiger partial charge in [0.25, 0.3) is 0 Å². The second-order valence-electron chi connectivity index (χ2n) is 20.8. The molecule has 0 fully saturated rings. The smallest absolute Gasteiger partial charge is 0.237 e. The average Bonchev–Trinajstić information content (AvgIpc) is 3.12. The molecule has 0 rings (SSSR count). The van der Waals surface area contributed by atoms with Crippen LogP contribution in [-0.4, -0.2) is 126 Å². The molecular weight excluding hydrogens is 809 g/mol. The second kappa shape index (κ2) is 38.3. The molecule has 0 aromatic rings. The highest BCUT2D eigenvalue weighted by Gasteiger charge is 2.30. The van der Waals surface area contributed by atoms with Crippen LogP contribution in [0.4, 0.5) is 0 Å². The Morgan fingerprint density at radius 2 is 0.781 bits per heavy atom. The van der Waals surface area contributed by atoms with Crippen molar-refractivity contribution in [1.29, 1.82) is 0 Å². The van der Waals surface area contributed by atoms with Gasteiger partial charge in [-0.15, -0.1) is 0 Å². The van der Waals surface area contributed by atoms with Crippen molar-refractivity contribution < 1.29 is 24.0 Å². The van der Waals surface area contributed by atoms with Gasteiger partial charge in [0.2, 0.25) is 29.5 Å². The monoisotopic (exact) mass is 917 g/mol. The Kier molecular flexibility index (Phi) is 42.0. The summed E-state index contributed by atoms with van der Waals surface area (Å²) in [5, 5.41) is 29.6. The van der Waals surface area contributed by atoms with Gasteiger partial charge in [0.1, 0.15) is 0 Å². The molecule has 384 valence electrons. The summed E-state index contributed by atoms with van der Waals surface area (Å²) in [5.74, 6) is 1.70. The summed E-state index contributed by atoms with van der Waals surface area (Å²) >= 11 is 0. The van der Waals surface area contributed by atoms with Crippen molar-refractivity contribution >= 4 is 29.5 Å². The number of carbonyl (C=O) groups is 5. The molecule has 64 heavy (non-hydrogen) atoms. The molecule has 0 aliphatic carbocycles. The summed E-state index contributed by atoms with van der Waals surface area (Å²) in [6.07, 6.45) is 2.87. The number of amides is 5. The fourth-order valence-electron chi connectivity index (χ4n) is 6.27. The first kappa shape index (κ1) is 70.2. The summed E-state index contributed by atoms with van der Waals surface area (Å²) in [6, 6.07) is 0.414. The topological polar surface area (TPSA) is 206 Å². The van der Waals surface area contributed by atoms with Gasteiger partial charge in [-0.3, -0.25) is 24.0 Å². The van der Waals surface area contributed by atoms with E-state index in [0.29, 0.717) is 17.8 Å². The lowest BCUT2D eigenvalue weighted by molar-refractivity contribution is -0.126. The van der Waals surface area contributed by atoms with Crippen molar-refractivity contribution in [3.63, 3.8) is 0 Å². The zero-order valence-corrected chi connectivity index (χ0v) is 46.3. The fourth-order valence-corrected chi connectivity index (χ4v) is 6.27. The number of hydrogen-bond acceptors (Lipinski definition) is 10. The third-order valence-corrected chi connectivity index (χ3v) is 9.55. The molecule has 0 radical (unpaired) electrons. The Bertz CT molecular complexity index is 1210. The largest absolute Gasteiger partial charge is 0.355 e. The maximum Gasteiger partial charge on any atom is 0.237 e. The predicted octanol–water partition coefficient (Wildman–Crippen LogP) is 5.34. The summed E-state index contributed by atoms with van der Waals surface area (Å²) in [5.41, 5.74) is -0.0830. The predicted molar refractivity (Wildman–Crippen MR) is 273 cm³/mol. The molecular formula is C49H108N10O5. The van der Waals surface area contributed by atoms with Gasteiger partial charge in [-0.2, -0.15) is 0 Å². The van der Waals surface area contributed by atoms with Crippen LogP contribution in [0.15, 0.2) is 0 Å². The second-order valence-corrected chi connectivity index (χ2v) is 20.8. The van der Waals surface area contributed by atoms with E-state index in [1.54, 1.807) is 0 Å². The zero-order chi connectivity index (χ0) is 51.7.